The first-order chi connectivity index (χ1) is 8.00. The highest BCUT2D eigenvalue weighted by molar-refractivity contribution is 5.95. The minimum Gasteiger partial charge on any atom is -0.478 e. The Morgan fingerprint density at radius 1 is 1.47 bits per heavy atom. The molecule has 1 aliphatic rings. The number of anilines is 1. The Morgan fingerprint density at radius 2 is 2.12 bits per heavy atom. The highest BCUT2D eigenvalue weighted by Crippen LogP contribution is 2.31. The molecule has 0 amide bonds. The second-order valence-electron chi connectivity index (χ2n) is 4.74. The summed E-state index contributed by atoms with van der Waals surface area (Å²) in [6.07, 6.45) is 3.53. The van der Waals surface area contributed by atoms with Crippen molar-refractivity contribution in [3.8, 4) is 0 Å². The van der Waals surface area contributed by atoms with Crippen LogP contribution in [0.4, 0.5) is 5.69 Å². The van der Waals surface area contributed by atoms with Crippen LogP contribution in [0.1, 0.15) is 41.0 Å². The summed E-state index contributed by atoms with van der Waals surface area (Å²) < 4.78 is 0. The SMILES string of the molecule is Cc1cc(N(C)C2CCC2)c(C(=O)O)c(C)n1. The van der Waals surface area contributed by atoms with Gasteiger partial charge < -0.3 is 10.0 Å². The van der Waals surface area contributed by atoms with Crippen molar-refractivity contribution in [2.75, 3.05) is 11.9 Å². The van der Waals surface area contributed by atoms with E-state index in [4.69, 9.17) is 0 Å². The lowest BCUT2D eigenvalue weighted by molar-refractivity contribution is 0.0696. The van der Waals surface area contributed by atoms with Gasteiger partial charge in [-0.15, -0.1) is 0 Å². The van der Waals surface area contributed by atoms with E-state index in [-0.39, 0.29) is 0 Å². The minimum atomic E-state index is -0.892. The molecular formula is C13H18N2O2. The smallest absolute Gasteiger partial charge is 0.339 e. The van der Waals surface area contributed by atoms with Crippen molar-refractivity contribution in [3.05, 3.63) is 23.0 Å². The molecule has 1 aromatic rings. The molecule has 0 saturated heterocycles. The monoisotopic (exact) mass is 234 g/mol. The van der Waals surface area contributed by atoms with Crippen LogP contribution < -0.4 is 4.90 Å². The van der Waals surface area contributed by atoms with Crippen molar-refractivity contribution in [2.24, 2.45) is 0 Å². The molecule has 1 heterocycles. The average Bonchev–Trinajstić information content (AvgIpc) is 2.12. The molecule has 4 nitrogen and oxygen atoms in total. The molecule has 92 valence electrons. The largest absolute Gasteiger partial charge is 0.478 e. The van der Waals surface area contributed by atoms with Gasteiger partial charge in [0.05, 0.1) is 11.4 Å². The van der Waals surface area contributed by atoms with Crippen LogP contribution in [0.25, 0.3) is 0 Å². The normalized spacial score (nSPS) is 15.5. The molecule has 0 unspecified atom stereocenters. The van der Waals surface area contributed by atoms with Crippen LogP contribution >= 0.6 is 0 Å². The molecule has 0 radical (unpaired) electrons. The van der Waals surface area contributed by atoms with Crippen LogP contribution in [0.2, 0.25) is 0 Å². The first-order valence-electron chi connectivity index (χ1n) is 5.95. The number of hydrogen-bond donors (Lipinski definition) is 1. The second-order valence-corrected chi connectivity index (χ2v) is 4.74. The Bertz CT molecular complexity index is 453. The van der Waals surface area contributed by atoms with Gasteiger partial charge in [0.15, 0.2) is 0 Å². The lowest BCUT2D eigenvalue weighted by Gasteiger charge is -2.37. The molecular weight excluding hydrogens is 216 g/mol. The van der Waals surface area contributed by atoms with Crippen molar-refractivity contribution in [1.29, 1.82) is 0 Å². The van der Waals surface area contributed by atoms with Crippen LogP contribution in [0.3, 0.4) is 0 Å². The number of nitrogens with zero attached hydrogens (tertiary/aromatic N) is 2. The zero-order chi connectivity index (χ0) is 12.6. The van der Waals surface area contributed by atoms with Gasteiger partial charge in [0.25, 0.3) is 0 Å². The Kier molecular flexibility index (Phi) is 3.05. The molecule has 4 heteroatoms. The summed E-state index contributed by atoms with van der Waals surface area (Å²) in [5.41, 5.74) is 2.60. The van der Waals surface area contributed by atoms with E-state index in [1.54, 1.807) is 6.92 Å². The Labute approximate surface area is 101 Å². The van der Waals surface area contributed by atoms with E-state index >= 15 is 0 Å². The van der Waals surface area contributed by atoms with E-state index in [9.17, 15) is 9.90 Å². The van der Waals surface area contributed by atoms with Gasteiger partial charge in [-0.3, -0.25) is 4.98 Å². The summed E-state index contributed by atoms with van der Waals surface area (Å²) in [6, 6.07) is 2.35. The van der Waals surface area contributed by atoms with Gasteiger partial charge in [0.2, 0.25) is 0 Å². The molecule has 0 aliphatic heterocycles. The van der Waals surface area contributed by atoms with Gasteiger partial charge in [0.1, 0.15) is 5.56 Å². The molecule has 1 N–H and O–H groups in total. The van der Waals surface area contributed by atoms with Crippen molar-refractivity contribution in [3.63, 3.8) is 0 Å². The number of pyridine rings is 1. The fraction of sp³-hybridized carbons (Fsp3) is 0.538. The number of rotatable bonds is 3. The fourth-order valence-electron chi connectivity index (χ4n) is 2.32. The molecule has 17 heavy (non-hydrogen) atoms. The molecule has 0 spiro atoms. The van der Waals surface area contributed by atoms with Gasteiger partial charge in [-0.1, -0.05) is 0 Å². The number of aromatic carboxylic acids is 1. The Balaban J connectivity index is 2.46. The summed E-state index contributed by atoms with van der Waals surface area (Å²) in [5.74, 6) is -0.892. The Hall–Kier alpha value is -1.58. The van der Waals surface area contributed by atoms with Gasteiger partial charge in [0, 0.05) is 18.8 Å². The zero-order valence-corrected chi connectivity index (χ0v) is 10.5. The van der Waals surface area contributed by atoms with Crippen molar-refractivity contribution in [1.82, 2.24) is 4.98 Å². The Morgan fingerprint density at radius 3 is 2.59 bits per heavy atom. The number of carboxylic acid groups (broad SMARTS) is 1. The second kappa shape index (κ2) is 4.35. The van der Waals surface area contributed by atoms with E-state index in [0.29, 0.717) is 17.3 Å². The number of carboxylic acids is 1. The first kappa shape index (κ1) is 11.9. The van der Waals surface area contributed by atoms with E-state index < -0.39 is 5.97 Å². The molecule has 1 aliphatic carbocycles. The lowest BCUT2D eigenvalue weighted by atomic mass is 9.91. The van der Waals surface area contributed by atoms with E-state index in [0.717, 1.165) is 24.2 Å². The predicted octanol–water partition coefficient (Wildman–Crippen LogP) is 2.39. The molecule has 2 rings (SSSR count). The van der Waals surface area contributed by atoms with E-state index in [1.165, 1.54) is 6.42 Å². The third kappa shape index (κ3) is 2.12. The third-order valence-electron chi connectivity index (χ3n) is 3.52. The van der Waals surface area contributed by atoms with Crippen LogP contribution in [-0.4, -0.2) is 29.1 Å². The molecule has 0 aromatic carbocycles. The van der Waals surface area contributed by atoms with Gasteiger partial charge in [-0.05, 0) is 39.2 Å². The highest BCUT2D eigenvalue weighted by atomic mass is 16.4. The summed E-state index contributed by atoms with van der Waals surface area (Å²) in [5, 5.41) is 9.29. The molecule has 0 bridgehead atoms. The summed E-state index contributed by atoms with van der Waals surface area (Å²) in [7, 11) is 1.98. The van der Waals surface area contributed by atoms with Crippen molar-refractivity contribution >= 4 is 11.7 Å². The van der Waals surface area contributed by atoms with Crippen LogP contribution in [-0.2, 0) is 0 Å². The number of aryl methyl sites for hydroxylation is 2. The standard InChI is InChI=1S/C13H18N2O2/c1-8-7-11(15(3)10-5-4-6-10)12(13(16)17)9(2)14-8/h7,10H,4-6H2,1-3H3,(H,16,17). The average molecular weight is 234 g/mol. The summed E-state index contributed by atoms with van der Waals surface area (Å²) in [4.78, 5) is 17.6. The maximum Gasteiger partial charge on any atom is 0.339 e. The maximum absolute atomic E-state index is 11.3. The molecule has 1 aromatic heterocycles. The third-order valence-corrected chi connectivity index (χ3v) is 3.52. The van der Waals surface area contributed by atoms with Gasteiger partial charge >= 0.3 is 5.97 Å². The van der Waals surface area contributed by atoms with Crippen molar-refractivity contribution in [2.45, 2.75) is 39.2 Å². The van der Waals surface area contributed by atoms with Crippen LogP contribution in [0.5, 0.6) is 0 Å². The van der Waals surface area contributed by atoms with Gasteiger partial charge in [-0.2, -0.15) is 0 Å². The number of carbonyl (C=O) groups is 1. The summed E-state index contributed by atoms with van der Waals surface area (Å²) in [6.45, 7) is 3.66. The molecule has 1 saturated carbocycles. The zero-order valence-electron chi connectivity index (χ0n) is 10.5. The van der Waals surface area contributed by atoms with Crippen molar-refractivity contribution < 1.29 is 9.90 Å². The van der Waals surface area contributed by atoms with Crippen LogP contribution in [0, 0.1) is 13.8 Å². The van der Waals surface area contributed by atoms with E-state index in [1.807, 2.05) is 20.0 Å². The summed E-state index contributed by atoms with van der Waals surface area (Å²) >= 11 is 0. The van der Waals surface area contributed by atoms with E-state index in [2.05, 4.69) is 9.88 Å². The van der Waals surface area contributed by atoms with Crippen LogP contribution in [0.15, 0.2) is 6.07 Å². The fourth-order valence-corrected chi connectivity index (χ4v) is 2.32. The highest BCUT2D eigenvalue weighted by Gasteiger charge is 2.26. The minimum absolute atomic E-state index is 0.338. The lowest BCUT2D eigenvalue weighted by Crippen LogP contribution is -2.38. The molecule has 0 atom stereocenters. The quantitative estimate of drug-likeness (QED) is 0.872. The number of hydrogen-bond acceptors (Lipinski definition) is 3. The van der Waals surface area contributed by atoms with Gasteiger partial charge in [-0.25, -0.2) is 4.79 Å². The predicted molar refractivity (Wildman–Crippen MR) is 66.7 cm³/mol. The topological polar surface area (TPSA) is 53.4 Å². The number of aromatic nitrogens is 1. The maximum atomic E-state index is 11.3. The molecule has 1 fully saturated rings. The first-order valence-corrected chi connectivity index (χ1v) is 5.95.